The van der Waals surface area contributed by atoms with Crippen LogP contribution in [0.1, 0.15) is 131 Å². The molecule has 27 nitrogen and oxygen atoms in total. The molecule has 0 radical (unpaired) electrons. The molecule has 0 bridgehead atoms. The number of halogens is 15. The van der Waals surface area contributed by atoms with Gasteiger partial charge >= 0.3 is 0 Å². The van der Waals surface area contributed by atoms with E-state index >= 15 is 13.2 Å². The summed E-state index contributed by atoms with van der Waals surface area (Å²) in [6.45, 7) is 35.5. The van der Waals surface area contributed by atoms with Gasteiger partial charge in [0.25, 0.3) is 16.7 Å². The minimum Gasteiger partial charge on any atom is -0.505 e. The van der Waals surface area contributed by atoms with E-state index in [0.717, 1.165) is 0 Å². The van der Waals surface area contributed by atoms with Crippen molar-refractivity contribution in [3.05, 3.63) is 253 Å². The summed E-state index contributed by atoms with van der Waals surface area (Å²) < 4.78 is 64.3. The zero-order chi connectivity index (χ0) is 101. The molecular weight excluding hydrogens is 2020 g/mol. The Labute approximate surface area is 842 Å². The number of anilines is 3. The number of carbonyl (C=O) groups is 3. The molecule has 3 aliphatic heterocycles. The van der Waals surface area contributed by atoms with Gasteiger partial charge in [0.2, 0.25) is 17.7 Å². The van der Waals surface area contributed by atoms with Crippen molar-refractivity contribution in [2.75, 3.05) is 73.6 Å². The molecule has 138 heavy (non-hydrogen) atoms. The van der Waals surface area contributed by atoms with Crippen molar-refractivity contribution in [2.45, 2.75) is 119 Å². The van der Waals surface area contributed by atoms with Gasteiger partial charge in [-0.1, -0.05) is 189 Å². The molecule has 0 aliphatic carbocycles. The number of phenolic OH excluding ortho intramolecular Hbond substituents is 3. The van der Waals surface area contributed by atoms with Crippen molar-refractivity contribution in [3.63, 3.8) is 0 Å². The van der Waals surface area contributed by atoms with E-state index in [0.29, 0.717) is 74.7 Å². The number of nitrogens with zero attached hydrogens (tertiary/aromatic N) is 18. The van der Waals surface area contributed by atoms with Crippen LogP contribution in [0.15, 0.2) is 107 Å². The highest BCUT2D eigenvalue weighted by Gasteiger charge is 2.40. The van der Waals surface area contributed by atoms with E-state index in [2.05, 4.69) is 57.9 Å². The number of aryl methyl sites for hydroxylation is 3. The lowest BCUT2D eigenvalue weighted by Gasteiger charge is -2.41. The molecular formula is C96H81Cl11F4N18O9. The number of carbonyl (C=O) groups excluding carboxylic acids is 3. The van der Waals surface area contributed by atoms with Crippen LogP contribution in [0.4, 0.5) is 34.6 Å². The Bertz CT molecular complexity index is 6790. The molecule has 3 aromatic carbocycles. The highest BCUT2D eigenvalue weighted by Crippen LogP contribution is 2.53. The van der Waals surface area contributed by atoms with Crippen LogP contribution >= 0.6 is 128 Å². The third-order valence-electron chi connectivity index (χ3n) is 24.0. The highest BCUT2D eigenvalue weighted by atomic mass is 35.5. The Morgan fingerprint density at radius 1 is 0.399 bits per heavy atom. The summed E-state index contributed by atoms with van der Waals surface area (Å²) in [4.78, 5) is 119. The second kappa shape index (κ2) is 41.2. The zero-order valence-corrected chi connectivity index (χ0v) is 83.7. The number of piperazine rings is 3. The average Bonchev–Trinajstić information content (AvgIpc) is 0.726. The number of nitriles is 3. The van der Waals surface area contributed by atoms with Gasteiger partial charge in [-0.15, -0.1) is 0 Å². The van der Waals surface area contributed by atoms with E-state index in [-0.39, 0.29) is 199 Å². The predicted octanol–water partition coefficient (Wildman–Crippen LogP) is 21.8. The van der Waals surface area contributed by atoms with E-state index in [1.54, 1.807) is 77.2 Å². The first-order chi connectivity index (χ1) is 65.2. The molecule has 12 heterocycles. The molecule has 714 valence electrons. The summed E-state index contributed by atoms with van der Waals surface area (Å²) in [5.74, 6) is -8.84. The Hall–Kier alpha value is -12.0. The first-order valence-electron chi connectivity index (χ1n) is 42.4. The number of hydrogen-bond donors (Lipinski definition) is 3. The van der Waals surface area contributed by atoms with Crippen LogP contribution in [-0.2, 0) is 14.4 Å². The maximum absolute atomic E-state index is 15.5. The largest absolute Gasteiger partial charge is 0.505 e. The van der Waals surface area contributed by atoms with Crippen LogP contribution in [0.25, 0.3) is 83.9 Å². The number of pyridine rings is 9. The van der Waals surface area contributed by atoms with Gasteiger partial charge in [-0.2, -0.15) is 15.8 Å². The van der Waals surface area contributed by atoms with Crippen LogP contribution in [0.5, 0.6) is 17.2 Å². The standard InChI is InChI=1S/2C32H27Cl4FN6O3.C32H27Cl3F2N6O3/c2*1-6-20(44)42-10-9-41(13-16(42)5)29-17-11-19(33)27(21-22(34)25(37)24(36)30(45)23(21)35)40-31(17)43(32(46)18(29)12-38)28-15(4)7-8-39-26(28)14(2)3;1-6-20(44)42-10-9-41(13-16(42)5)29-17-11-19(33)27(21-22(34)25(37)23(35)30(45)24(21)36)40-31(17)43(32(46)18(29)12-38)28-15(4)7-8-39-26(28)14(2)3/h3*6-8,11,14,16,45H,1,9-10,13H2,2-5H3/t3*16-/m111/s1. The third-order valence-corrected chi connectivity index (χ3v) is 27.7. The van der Waals surface area contributed by atoms with Gasteiger partial charge in [0.05, 0.1) is 114 Å². The van der Waals surface area contributed by atoms with Crippen molar-refractivity contribution in [3.8, 4) is 86.3 Å². The predicted molar refractivity (Wildman–Crippen MR) is 533 cm³/mol. The summed E-state index contributed by atoms with van der Waals surface area (Å²) in [5, 5.41) is 58.2. The molecule has 0 saturated carbocycles. The molecule has 3 aliphatic rings. The molecule has 0 spiro atoms. The number of rotatable bonds is 15. The maximum Gasteiger partial charge on any atom is 0.276 e. The Morgan fingerprint density at radius 3 is 0.899 bits per heavy atom. The molecule has 9 aromatic heterocycles. The summed E-state index contributed by atoms with van der Waals surface area (Å²) in [6, 6.07) is 14.9. The number of fused-ring (bicyclic) bond motifs is 3. The number of aromatic nitrogens is 9. The van der Waals surface area contributed by atoms with Gasteiger partial charge in [-0.25, -0.2) is 32.5 Å². The molecule has 42 heteroatoms. The average molecular weight is 2100 g/mol. The molecule has 12 aromatic rings. The molecule has 3 atom stereocenters. The van der Waals surface area contributed by atoms with Crippen LogP contribution in [0, 0.1) is 78.0 Å². The van der Waals surface area contributed by atoms with Gasteiger partial charge in [0.1, 0.15) is 66.9 Å². The quantitative estimate of drug-likeness (QED) is 0.0371. The fourth-order valence-electron chi connectivity index (χ4n) is 17.4. The first-order valence-corrected chi connectivity index (χ1v) is 46.5. The SMILES string of the molecule is C=CC(=O)N1CCN(c2c(C#N)c(=O)n(-c3c(C)ccnc3C(C)C)c3nc(-c4c(Cl)c(O)c(Cl)c(F)c4Cl)c(Cl)cc23)C[C@H]1C.C=CC(=O)N1CCN(c2c(C#N)c(=O)n(-c3c(C)ccnc3C(C)C)c3nc(-c4c(Cl)c(O)c(Cl)c(F)c4Cl)c(Cl)cc23)C[C@H]1C.C=CC(=O)N1CCN(c2c(C#N)c(=O)n(-c3c(C)ccnc3C(C)C)c3nc(-c4c(F)c(O)c(Cl)c(F)c4Cl)c(Cl)cc23)C[C@H]1C. The lowest BCUT2D eigenvalue weighted by molar-refractivity contribution is -0.129. The Morgan fingerprint density at radius 2 is 0.652 bits per heavy atom. The lowest BCUT2D eigenvalue weighted by atomic mass is 10.0. The van der Waals surface area contributed by atoms with Crippen LogP contribution in [0.2, 0.25) is 55.2 Å². The second-order valence-corrected chi connectivity index (χ2v) is 37.8. The minimum absolute atomic E-state index is 0.0515. The van der Waals surface area contributed by atoms with Gasteiger partial charge < -0.3 is 44.7 Å². The van der Waals surface area contributed by atoms with Gasteiger partial charge in [0.15, 0.2) is 40.5 Å². The molecule has 0 unspecified atom stereocenters. The summed E-state index contributed by atoms with van der Waals surface area (Å²) in [6.07, 6.45) is 8.55. The van der Waals surface area contributed by atoms with Crippen molar-refractivity contribution >= 4 is 195 Å². The zero-order valence-electron chi connectivity index (χ0n) is 75.4. The van der Waals surface area contributed by atoms with E-state index < -0.39 is 103 Å². The number of hydrogen-bond acceptors (Lipinski definition) is 21. The van der Waals surface area contributed by atoms with E-state index in [1.165, 1.54) is 50.1 Å². The fraction of sp³-hybridized carbons (Fsp3) is 0.281. The van der Waals surface area contributed by atoms with Crippen LogP contribution in [-0.4, -0.2) is 168 Å². The summed E-state index contributed by atoms with van der Waals surface area (Å²) >= 11 is 69.7. The lowest BCUT2D eigenvalue weighted by Crippen LogP contribution is -2.54. The molecule has 3 amide bonds. The van der Waals surface area contributed by atoms with Crippen molar-refractivity contribution < 1.29 is 47.3 Å². The molecule has 3 saturated heterocycles. The van der Waals surface area contributed by atoms with Gasteiger partial charge in [0, 0.05) is 123 Å². The molecule has 3 N–H and O–H groups in total. The van der Waals surface area contributed by atoms with Crippen molar-refractivity contribution in [1.29, 1.82) is 15.8 Å². The number of phenols is 3. The molecule has 15 rings (SSSR count). The van der Waals surface area contributed by atoms with Crippen LogP contribution in [0.3, 0.4) is 0 Å². The van der Waals surface area contributed by atoms with E-state index in [9.17, 15) is 64.3 Å². The van der Waals surface area contributed by atoms with Crippen molar-refractivity contribution in [1.82, 2.24) is 58.3 Å². The van der Waals surface area contributed by atoms with E-state index in [1.807, 2.05) is 72.1 Å². The normalized spacial score (nSPS) is 15.0. The smallest absolute Gasteiger partial charge is 0.276 e. The number of amides is 3. The van der Waals surface area contributed by atoms with Crippen LogP contribution < -0.4 is 31.4 Å². The number of benzene rings is 3. The maximum atomic E-state index is 15.5. The first kappa shape index (κ1) is 103. The Kier molecular flexibility index (Phi) is 30.9. The van der Waals surface area contributed by atoms with E-state index in [4.69, 9.17) is 138 Å². The topological polar surface area (TPSA) is 346 Å². The minimum atomic E-state index is -1.37. The summed E-state index contributed by atoms with van der Waals surface area (Å²) in [5.41, 5.74) is 1.14. The molecule has 3 fully saturated rings. The third kappa shape index (κ3) is 18.2. The van der Waals surface area contributed by atoms with Gasteiger partial charge in [-0.3, -0.25) is 57.4 Å². The number of aromatic hydroxyl groups is 3. The summed E-state index contributed by atoms with van der Waals surface area (Å²) in [7, 11) is 0. The second-order valence-electron chi connectivity index (χ2n) is 33.6. The monoisotopic (exact) mass is 2090 g/mol. The fourth-order valence-corrected chi connectivity index (χ4v) is 20.4. The Balaban J connectivity index is 0.000000175. The highest BCUT2D eigenvalue weighted by molar-refractivity contribution is 6.46. The van der Waals surface area contributed by atoms with Gasteiger partial charge in [-0.05, 0) is 131 Å². The van der Waals surface area contributed by atoms with Crippen molar-refractivity contribution in [2.24, 2.45) is 0 Å².